The smallest absolute Gasteiger partial charge is 0.368 e. The Kier molecular flexibility index (Phi) is 10.9. The molecule has 30 heavy (non-hydrogen) atoms. The summed E-state index contributed by atoms with van der Waals surface area (Å²) in [6.07, 6.45) is -1.63. The molecule has 2 rings (SSSR count). The topological polar surface area (TPSA) is 87.4 Å². The molecule has 0 saturated carbocycles. The number of aliphatic imine (C=N–C) groups is 1. The van der Waals surface area contributed by atoms with Crippen molar-refractivity contribution in [1.29, 1.82) is 0 Å². The monoisotopic (exact) mass is 540 g/mol. The van der Waals surface area contributed by atoms with Crippen LogP contribution in [0.4, 0.5) is 19.0 Å². The van der Waals surface area contributed by atoms with Crippen LogP contribution in [0.2, 0.25) is 0 Å². The summed E-state index contributed by atoms with van der Waals surface area (Å²) < 4.78 is 44.4. The van der Waals surface area contributed by atoms with Gasteiger partial charge in [-0.05, 0) is 25.5 Å². The van der Waals surface area contributed by atoms with Gasteiger partial charge in [-0.1, -0.05) is 19.0 Å². The van der Waals surface area contributed by atoms with E-state index in [4.69, 9.17) is 4.52 Å². The second kappa shape index (κ2) is 12.6. The molecule has 0 saturated heterocycles. The van der Waals surface area contributed by atoms with Crippen LogP contribution in [-0.4, -0.2) is 35.7 Å². The Morgan fingerprint density at radius 2 is 1.90 bits per heavy atom. The van der Waals surface area contributed by atoms with E-state index in [1.165, 1.54) is 12.3 Å². The van der Waals surface area contributed by atoms with Crippen molar-refractivity contribution in [1.82, 2.24) is 20.8 Å². The molecule has 0 aromatic carbocycles. The van der Waals surface area contributed by atoms with Gasteiger partial charge in [0.1, 0.15) is 11.6 Å². The molecule has 0 radical (unpaired) electrons. The number of halogens is 4. The first kappa shape index (κ1) is 26.0. The van der Waals surface area contributed by atoms with Crippen molar-refractivity contribution < 1.29 is 17.7 Å². The SMILES string of the molecule is CCNC(=NCc1c(CC)noc1CC)NCCNc1ncccc1C(F)(F)F.I. The highest BCUT2D eigenvalue weighted by atomic mass is 127. The minimum absolute atomic E-state index is 0. The third-order valence-corrected chi connectivity index (χ3v) is 4.17. The summed E-state index contributed by atoms with van der Waals surface area (Å²) >= 11 is 0. The predicted molar refractivity (Wildman–Crippen MR) is 121 cm³/mol. The Morgan fingerprint density at radius 1 is 1.13 bits per heavy atom. The molecule has 0 amide bonds. The molecule has 0 aliphatic heterocycles. The average Bonchev–Trinajstić information content (AvgIpc) is 3.10. The van der Waals surface area contributed by atoms with Crippen LogP contribution in [0.1, 0.15) is 43.4 Å². The van der Waals surface area contributed by atoms with Crippen LogP contribution in [0.25, 0.3) is 0 Å². The van der Waals surface area contributed by atoms with Crippen molar-refractivity contribution >= 4 is 35.8 Å². The number of nitrogens with zero attached hydrogens (tertiary/aromatic N) is 3. The van der Waals surface area contributed by atoms with Crippen LogP contribution in [0.3, 0.4) is 0 Å². The molecule has 11 heteroatoms. The Bertz CT molecular complexity index is 788. The highest BCUT2D eigenvalue weighted by molar-refractivity contribution is 14.0. The lowest BCUT2D eigenvalue weighted by Gasteiger charge is -2.15. The second-order valence-corrected chi connectivity index (χ2v) is 6.18. The Balaban J connectivity index is 0.00000450. The Labute approximate surface area is 191 Å². The number of rotatable bonds is 9. The van der Waals surface area contributed by atoms with Crippen LogP contribution < -0.4 is 16.0 Å². The second-order valence-electron chi connectivity index (χ2n) is 6.18. The third-order valence-electron chi connectivity index (χ3n) is 4.17. The van der Waals surface area contributed by atoms with Gasteiger partial charge in [0, 0.05) is 37.8 Å². The zero-order chi connectivity index (χ0) is 21.3. The van der Waals surface area contributed by atoms with E-state index in [1.54, 1.807) is 0 Å². The van der Waals surface area contributed by atoms with Gasteiger partial charge in [0.25, 0.3) is 0 Å². The van der Waals surface area contributed by atoms with E-state index in [0.717, 1.165) is 35.9 Å². The summed E-state index contributed by atoms with van der Waals surface area (Å²) in [5, 5.41) is 13.0. The van der Waals surface area contributed by atoms with Gasteiger partial charge in [-0.3, -0.25) is 0 Å². The molecular weight excluding hydrogens is 512 g/mol. The van der Waals surface area contributed by atoms with Crippen molar-refractivity contribution in [3.63, 3.8) is 0 Å². The van der Waals surface area contributed by atoms with Crippen LogP contribution >= 0.6 is 24.0 Å². The number of alkyl halides is 3. The van der Waals surface area contributed by atoms with E-state index >= 15 is 0 Å². The van der Waals surface area contributed by atoms with Crippen molar-refractivity contribution in [3.8, 4) is 0 Å². The molecule has 3 N–H and O–H groups in total. The number of guanidine groups is 1. The van der Waals surface area contributed by atoms with Crippen LogP contribution in [0, 0.1) is 0 Å². The van der Waals surface area contributed by atoms with Crippen LogP contribution in [-0.2, 0) is 25.6 Å². The molecule has 0 aliphatic rings. The summed E-state index contributed by atoms with van der Waals surface area (Å²) in [6, 6.07) is 2.27. The molecule has 2 heterocycles. The summed E-state index contributed by atoms with van der Waals surface area (Å²) in [5.41, 5.74) is 1.08. The fourth-order valence-electron chi connectivity index (χ4n) is 2.75. The normalized spacial score (nSPS) is 11.7. The summed E-state index contributed by atoms with van der Waals surface area (Å²) in [4.78, 5) is 8.33. The largest absolute Gasteiger partial charge is 0.419 e. The minimum atomic E-state index is -4.45. The average molecular weight is 540 g/mol. The zero-order valence-electron chi connectivity index (χ0n) is 17.3. The first-order chi connectivity index (χ1) is 13.9. The number of aromatic nitrogens is 2. The first-order valence-electron chi connectivity index (χ1n) is 9.65. The zero-order valence-corrected chi connectivity index (χ0v) is 19.6. The van der Waals surface area contributed by atoms with Gasteiger partial charge in [0.2, 0.25) is 0 Å². The molecule has 7 nitrogen and oxygen atoms in total. The molecule has 0 unspecified atom stereocenters. The fraction of sp³-hybridized carbons (Fsp3) is 0.526. The fourth-order valence-corrected chi connectivity index (χ4v) is 2.75. The number of anilines is 1. The summed E-state index contributed by atoms with van der Waals surface area (Å²) in [7, 11) is 0. The molecular formula is C19H28F3IN6O. The van der Waals surface area contributed by atoms with E-state index in [1.807, 2.05) is 20.8 Å². The Morgan fingerprint density at radius 3 is 2.53 bits per heavy atom. The quantitative estimate of drug-likeness (QED) is 0.193. The van der Waals surface area contributed by atoms with Gasteiger partial charge >= 0.3 is 6.18 Å². The molecule has 2 aromatic heterocycles. The lowest BCUT2D eigenvalue weighted by molar-refractivity contribution is -0.137. The van der Waals surface area contributed by atoms with Crippen molar-refractivity contribution in [2.24, 2.45) is 4.99 Å². The number of pyridine rings is 1. The molecule has 0 bridgehead atoms. The van der Waals surface area contributed by atoms with Crippen LogP contribution in [0.15, 0.2) is 27.8 Å². The molecule has 0 atom stereocenters. The molecule has 0 spiro atoms. The standard InChI is InChI=1S/C19H27F3N6O.HI/c1-4-15-13(16(5-2)29-28-15)12-27-18(23-6-3)26-11-10-25-17-14(19(20,21)22)8-7-9-24-17;/h7-9H,4-6,10-12H2,1-3H3,(H,24,25)(H2,23,26,27);1H. The molecule has 168 valence electrons. The highest BCUT2D eigenvalue weighted by Crippen LogP contribution is 2.33. The number of hydrogen-bond acceptors (Lipinski definition) is 5. The lowest BCUT2D eigenvalue weighted by atomic mass is 10.1. The molecule has 0 aliphatic carbocycles. The first-order valence-corrected chi connectivity index (χ1v) is 9.65. The summed E-state index contributed by atoms with van der Waals surface area (Å²) in [5.74, 6) is 1.20. The Hall–Kier alpha value is -2.05. The van der Waals surface area contributed by atoms with E-state index < -0.39 is 11.7 Å². The van der Waals surface area contributed by atoms with Gasteiger partial charge in [-0.2, -0.15) is 13.2 Å². The van der Waals surface area contributed by atoms with Gasteiger partial charge < -0.3 is 20.5 Å². The van der Waals surface area contributed by atoms with Gasteiger partial charge in [0.05, 0.1) is 17.8 Å². The van der Waals surface area contributed by atoms with Crippen molar-refractivity contribution in [2.45, 2.75) is 46.3 Å². The van der Waals surface area contributed by atoms with Gasteiger partial charge in [-0.25, -0.2) is 9.98 Å². The maximum Gasteiger partial charge on any atom is 0.419 e. The molecule has 0 fully saturated rings. The van der Waals surface area contributed by atoms with Gasteiger partial charge in [0.15, 0.2) is 5.96 Å². The number of aryl methyl sites for hydroxylation is 2. The van der Waals surface area contributed by atoms with E-state index in [-0.39, 0.29) is 36.3 Å². The lowest BCUT2D eigenvalue weighted by Crippen LogP contribution is -2.39. The number of nitrogens with one attached hydrogen (secondary N) is 3. The molecule has 2 aromatic rings. The maximum atomic E-state index is 13.0. The van der Waals surface area contributed by atoms with Crippen molar-refractivity contribution in [2.75, 3.05) is 25.0 Å². The maximum absolute atomic E-state index is 13.0. The van der Waals surface area contributed by atoms with E-state index in [0.29, 0.717) is 25.6 Å². The van der Waals surface area contributed by atoms with Crippen molar-refractivity contribution in [3.05, 3.63) is 40.9 Å². The highest BCUT2D eigenvalue weighted by Gasteiger charge is 2.33. The third kappa shape index (κ3) is 7.33. The van der Waals surface area contributed by atoms with E-state index in [2.05, 4.69) is 31.1 Å². The number of hydrogen-bond donors (Lipinski definition) is 3. The minimum Gasteiger partial charge on any atom is -0.368 e. The van der Waals surface area contributed by atoms with Gasteiger partial charge in [-0.15, -0.1) is 24.0 Å². The predicted octanol–water partition coefficient (Wildman–Crippen LogP) is 4.00. The van der Waals surface area contributed by atoms with E-state index in [9.17, 15) is 13.2 Å². The van der Waals surface area contributed by atoms with Crippen LogP contribution in [0.5, 0.6) is 0 Å². The summed E-state index contributed by atoms with van der Waals surface area (Å²) in [6.45, 7) is 7.62.